The maximum Gasteiger partial charge on any atom is 0.182 e. The molecule has 0 spiro atoms. The van der Waals surface area contributed by atoms with Crippen LogP contribution in [0.3, 0.4) is 0 Å². The number of hydrogen-bond acceptors (Lipinski definition) is 6. The highest BCUT2D eigenvalue weighted by atomic mass is 19.1. The predicted octanol–water partition coefficient (Wildman–Crippen LogP) is 4.69. The normalized spacial score (nSPS) is 10.8. The van der Waals surface area contributed by atoms with E-state index in [1.54, 1.807) is 47.4 Å². The summed E-state index contributed by atoms with van der Waals surface area (Å²) in [5, 5.41) is 18.2. The molecular formula is C24H16FN7. The molecule has 7 nitrogen and oxygen atoms in total. The van der Waals surface area contributed by atoms with Crippen molar-refractivity contribution in [1.29, 1.82) is 5.26 Å². The van der Waals surface area contributed by atoms with Crippen LogP contribution < -0.4 is 5.32 Å². The van der Waals surface area contributed by atoms with Gasteiger partial charge in [0, 0.05) is 29.0 Å². The summed E-state index contributed by atoms with van der Waals surface area (Å²) in [7, 11) is 0. The lowest BCUT2D eigenvalue weighted by Crippen LogP contribution is -2.04. The molecule has 8 heteroatoms. The number of rotatable bonds is 5. The molecule has 0 radical (unpaired) electrons. The topological polar surface area (TPSA) is 92.3 Å². The molecule has 3 heterocycles. The molecule has 0 aliphatic heterocycles. The van der Waals surface area contributed by atoms with Gasteiger partial charge in [0.05, 0.1) is 18.3 Å². The number of nitrogens with one attached hydrogen (secondary N) is 1. The van der Waals surface area contributed by atoms with Gasteiger partial charge in [-0.25, -0.2) is 14.4 Å². The Morgan fingerprint density at radius 1 is 1.00 bits per heavy atom. The fourth-order valence-electron chi connectivity index (χ4n) is 3.45. The quantitative estimate of drug-likeness (QED) is 0.443. The van der Waals surface area contributed by atoms with E-state index in [9.17, 15) is 9.65 Å². The SMILES string of the molecule is N#Cc1cnc(-c2nn(Cc3ccccc3F)c3ccccc23)nc1Nc1ccncc1. The van der Waals surface area contributed by atoms with E-state index < -0.39 is 0 Å². The number of benzene rings is 2. The van der Waals surface area contributed by atoms with E-state index in [0.29, 0.717) is 28.5 Å². The van der Waals surface area contributed by atoms with Gasteiger partial charge in [-0.1, -0.05) is 36.4 Å². The second kappa shape index (κ2) is 8.24. The Hall–Kier alpha value is -4.64. The second-order valence-corrected chi connectivity index (χ2v) is 7.04. The number of halogens is 1. The summed E-state index contributed by atoms with van der Waals surface area (Å²) in [4.78, 5) is 13.0. The average Bonchev–Trinajstić information content (AvgIpc) is 3.20. The van der Waals surface area contributed by atoms with E-state index in [4.69, 9.17) is 5.10 Å². The Morgan fingerprint density at radius 3 is 2.59 bits per heavy atom. The van der Waals surface area contributed by atoms with Gasteiger partial charge in [0.1, 0.15) is 23.1 Å². The smallest absolute Gasteiger partial charge is 0.182 e. The van der Waals surface area contributed by atoms with Gasteiger partial charge in [0.25, 0.3) is 0 Å². The standard InChI is InChI=1S/C24H16FN7/c25-20-7-3-1-5-16(20)15-32-21-8-4-2-6-19(21)22(31-32)24-28-14-17(13-26)23(30-24)29-18-9-11-27-12-10-18/h1-12,14H,15H2,(H,27,28,29,30). The van der Waals surface area contributed by atoms with Crippen molar-refractivity contribution >= 4 is 22.4 Å². The van der Waals surface area contributed by atoms with Crippen LogP contribution in [0.15, 0.2) is 79.3 Å². The molecule has 0 unspecified atom stereocenters. The Labute approximate surface area is 182 Å². The van der Waals surface area contributed by atoms with Crippen molar-refractivity contribution in [1.82, 2.24) is 24.7 Å². The minimum absolute atomic E-state index is 0.269. The average molecular weight is 421 g/mol. The fraction of sp³-hybridized carbons (Fsp3) is 0.0417. The van der Waals surface area contributed by atoms with Gasteiger partial charge in [-0.2, -0.15) is 10.4 Å². The number of anilines is 2. The van der Waals surface area contributed by atoms with Crippen LogP contribution in [-0.2, 0) is 6.54 Å². The lowest BCUT2D eigenvalue weighted by Gasteiger charge is -2.08. The molecule has 0 fully saturated rings. The van der Waals surface area contributed by atoms with E-state index in [0.717, 1.165) is 16.6 Å². The van der Waals surface area contributed by atoms with Crippen LogP contribution in [0.2, 0.25) is 0 Å². The van der Waals surface area contributed by atoms with Gasteiger partial charge in [0.2, 0.25) is 0 Å². The first kappa shape index (κ1) is 19.3. The third-order valence-electron chi connectivity index (χ3n) is 5.00. The molecule has 0 saturated carbocycles. The molecule has 3 aromatic heterocycles. The van der Waals surface area contributed by atoms with Crippen LogP contribution in [0, 0.1) is 17.1 Å². The van der Waals surface area contributed by atoms with Crippen LogP contribution in [0.1, 0.15) is 11.1 Å². The summed E-state index contributed by atoms with van der Waals surface area (Å²) in [5.74, 6) is 0.451. The minimum Gasteiger partial charge on any atom is -0.339 e. The second-order valence-electron chi connectivity index (χ2n) is 7.04. The van der Waals surface area contributed by atoms with Crippen molar-refractivity contribution in [2.24, 2.45) is 0 Å². The number of pyridine rings is 1. The number of para-hydroxylation sites is 1. The summed E-state index contributed by atoms with van der Waals surface area (Å²) in [6.45, 7) is 0.269. The molecular weight excluding hydrogens is 405 g/mol. The van der Waals surface area contributed by atoms with Crippen molar-refractivity contribution in [3.8, 4) is 17.6 Å². The van der Waals surface area contributed by atoms with E-state index in [-0.39, 0.29) is 12.4 Å². The monoisotopic (exact) mass is 421 g/mol. The van der Waals surface area contributed by atoms with Gasteiger partial charge in [-0.05, 0) is 24.3 Å². The minimum atomic E-state index is -0.285. The zero-order valence-corrected chi connectivity index (χ0v) is 16.8. The highest BCUT2D eigenvalue weighted by Gasteiger charge is 2.17. The van der Waals surface area contributed by atoms with E-state index in [1.807, 2.05) is 24.3 Å². The first-order valence-electron chi connectivity index (χ1n) is 9.86. The zero-order valence-electron chi connectivity index (χ0n) is 16.8. The van der Waals surface area contributed by atoms with E-state index >= 15 is 0 Å². The number of nitriles is 1. The fourth-order valence-corrected chi connectivity index (χ4v) is 3.45. The molecule has 0 aliphatic rings. The molecule has 0 amide bonds. The molecule has 0 aliphatic carbocycles. The number of aromatic nitrogens is 5. The van der Waals surface area contributed by atoms with Crippen molar-refractivity contribution in [2.75, 3.05) is 5.32 Å². The summed E-state index contributed by atoms with van der Waals surface area (Å²) in [6.07, 6.45) is 4.76. The lowest BCUT2D eigenvalue weighted by molar-refractivity contribution is 0.590. The Balaban J connectivity index is 1.60. The van der Waals surface area contributed by atoms with Crippen LogP contribution in [0.25, 0.3) is 22.4 Å². The van der Waals surface area contributed by atoms with Crippen LogP contribution in [0.5, 0.6) is 0 Å². The summed E-state index contributed by atoms with van der Waals surface area (Å²) in [6, 6.07) is 19.9. The molecule has 5 aromatic rings. The molecule has 0 atom stereocenters. The van der Waals surface area contributed by atoms with Crippen molar-refractivity contribution in [3.05, 3.63) is 96.2 Å². The molecule has 5 rings (SSSR count). The highest BCUT2D eigenvalue weighted by Crippen LogP contribution is 2.28. The summed E-state index contributed by atoms with van der Waals surface area (Å²) < 4.78 is 16.0. The third kappa shape index (κ3) is 3.63. The Kier molecular flexibility index (Phi) is 4.98. The number of hydrogen-bond donors (Lipinski definition) is 1. The predicted molar refractivity (Wildman–Crippen MR) is 118 cm³/mol. The van der Waals surface area contributed by atoms with E-state index in [2.05, 4.69) is 26.3 Å². The maximum atomic E-state index is 14.2. The summed E-state index contributed by atoms with van der Waals surface area (Å²) >= 11 is 0. The Morgan fingerprint density at radius 2 is 1.78 bits per heavy atom. The maximum absolute atomic E-state index is 14.2. The molecule has 0 saturated heterocycles. The van der Waals surface area contributed by atoms with Gasteiger partial charge in [0.15, 0.2) is 11.6 Å². The van der Waals surface area contributed by atoms with Crippen LogP contribution in [-0.4, -0.2) is 24.7 Å². The highest BCUT2D eigenvalue weighted by molar-refractivity contribution is 5.92. The van der Waals surface area contributed by atoms with Crippen molar-refractivity contribution in [2.45, 2.75) is 6.54 Å². The van der Waals surface area contributed by atoms with Crippen LogP contribution >= 0.6 is 0 Å². The molecule has 2 aromatic carbocycles. The largest absolute Gasteiger partial charge is 0.339 e. The molecule has 0 bridgehead atoms. The van der Waals surface area contributed by atoms with Gasteiger partial charge in [-0.3, -0.25) is 9.67 Å². The van der Waals surface area contributed by atoms with Crippen molar-refractivity contribution < 1.29 is 4.39 Å². The number of fused-ring (bicyclic) bond motifs is 1. The molecule has 32 heavy (non-hydrogen) atoms. The number of nitrogens with zero attached hydrogens (tertiary/aromatic N) is 6. The van der Waals surface area contributed by atoms with Gasteiger partial charge >= 0.3 is 0 Å². The van der Waals surface area contributed by atoms with E-state index in [1.165, 1.54) is 12.3 Å². The first-order chi connectivity index (χ1) is 15.7. The summed E-state index contributed by atoms with van der Waals surface area (Å²) in [5.41, 5.74) is 2.98. The van der Waals surface area contributed by atoms with Crippen molar-refractivity contribution in [3.63, 3.8) is 0 Å². The van der Waals surface area contributed by atoms with Gasteiger partial charge in [-0.15, -0.1) is 0 Å². The van der Waals surface area contributed by atoms with Gasteiger partial charge < -0.3 is 5.32 Å². The molecule has 1 N–H and O–H groups in total. The Bertz CT molecular complexity index is 1450. The zero-order chi connectivity index (χ0) is 21.9. The first-order valence-corrected chi connectivity index (χ1v) is 9.86. The van der Waals surface area contributed by atoms with Crippen LogP contribution in [0.4, 0.5) is 15.9 Å². The third-order valence-corrected chi connectivity index (χ3v) is 5.00. The lowest BCUT2D eigenvalue weighted by atomic mass is 10.2. The molecule has 154 valence electrons.